The lowest BCUT2D eigenvalue weighted by atomic mass is 10.1. The first-order valence-corrected chi connectivity index (χ1v) is 5.37. The first-order chi connectivity index (χ1) is 8.22. The average Bonchev–Trinajstić information content (AvgIpc) is 2.39. The summed E-state index contributed by atoms with van der Waals surface area (Å²) in [5.74, 6) is 0. The lowest BCUT2D eigenvalue weighted by Gasteiger charge is -2.19. The molecular weight excluding hydrogens is 210 g/mol. The third kappa shape index (κ3) is 2.26. The van der Waals surface area contributed by atoms with Gasteiger partial charge in [0.15, 0.2) is 0 Å². The zero-order valence-electron chi connectivity index (χ0n) is 9.88. The summed E-state index contributed by atoms with van der Waals surface area (Å²) in [6.45, 7) is 1.94. The molecule has 0 saturated carbocycles. The molecule has 84 valence electrons. The molecule has 0 amide bonds. The van der Waals surface area contributed by atoms with Gasteiger partial charge in [0.25, 0.3) is 0 Å². The summed E-state index contributed by atoms with van der Waals surface area (Å²) >= 11 is 0. The summed E-state index contributed by atoms with van der Waals surface area (Å²) in [7, 11) is 1.98. The number of rotatable bonds is 2. The largest absolute Gasteiger partial charge is 0.343 e. The smallest absolute Gasteiger partial charge is 0.0994 e. The topological polar surface area (TPSA) is 39.9 Å². The number of aryl methyl sites for hydroxylation is 1. The van der Waals surface area contributed by atoms with Gasteiger partial charge in [-0.3, -0.25) is 4.98 Å². The summed E-state index contributed by atoms with van der Waals surface area (Å²) in [6.07, 6.45) is 3.56. The highest BCUT2D eigenvalue weighted by Gasteiger charge is 2.05. The minimum absolute atomic E-state index is 0.716. The van der Waals surface area contributed by atoms with Gasteiger partial charge in [-0.25, -0.2) is 0 Å². The van der Waals surface area contributed by atoms with Crippen molar-refractivity contribution < 1.29 is 0 Å². The van der Waals surface area contributed by atoms with Gasteiger partial charge in [0.1, 0.15) is 0 Å². The van der Waals surface area contributed by atoms with Crippen LogP contribution in [0.25, 0.3) is 0 Å². The number of hydrogen-bond donors (Lipinski definition) is 0. The Bertz CT molecular complexity index is 555. The molecule has 2 aromatic rings. The number of anilines is 2. The van der Waals surface area contributed by atoms with Crippen molar-refractivity contribution in [3.63, 3.8) is 0 Å². The van der Waals surface area contributed by atoms with Crippen LogP contribution in [0.3, 0.4) is 0 Å². The van der Waals surface area contributed by atoms with Crippen molar-refractivity contribution >= 4 is 11.4 Å². The van der Waals surface area contributed by atoms with Crippen LogP contribution in [0.15, 0.2) is 42.7 Å². The standard InChI is InChI=1S/C14H13N3/c1-11-8-13(6-5-12(11)9-15)17(2)14-4-3-7-16-10-14/h3-8,10H,1-2H3. The Labute approximate surface area is 101 Å². The molecule has 1 aromatic heterocycles. The highest BCUT2D eigenvalue weighted by Crippen LogP contribution is 2.24. The summed E-state index contributed by atoms with van der Waals surface area (Å²) in [5.41, 5.74) is 3.78. The third-order valence-corrected chi connectivity index (χ3v) is 2.75. The van der Waals surface area contributed by atoms with E-state index in [4.69, 9.17) is 5.26 Å². The number of hydrogen-bond acceptors (Lipinski definition) is 3. The van der Waals surface area contributed by atoms with Crippen LogP contribution in [0.5, 0.6) is 0 Å². The Balaban J connectivity index is 2.36. The molecular formula is C14H13N3. The number of pyridine rings is 1. The van der Waals surface area contributed by atoms with Crippen LogP contribution < -0.4 is 4.90 Å². The van der Waals surface area contributed by atoms with Crippen molar-refractivity contribution in [3.8, 4) is 6.07 Å². The van der Waals surface area contributed by atoms with Crippen LogP contribution >= 0.6 is 0 Å². The average molecular weight is 223 g/mol. The molecule has 0 saturated heterocycles. The number of benzene rings is 1. The van der Waals surface area contributed by atoms with E-state index in [9.17, 15) is 0 Å². The second-order valence-corrected chi connectivity index (χ2v) is 3.88. The Morgan fingerprint density at radius 3 is 2.65 bits per heavy atom. The van der Waals surface area contributed by atoms with E-state index in [1.165, 1.54) is 0 Å². The molecule has 0 spiro atoms. The molecule has 1 heterocycles. The zero-order chi connectivity index (χ0) is 12.3. The third-order valence-electron chi connectivity index (χ3n) is 2.75. The molecule has 0 fully saturated rings. The Kier molecular flexibility index (Phi) is 3.06. The molecule has 0 unspecified atom stereocenters. The first kappa shape index (κ1) is 11.2. The maximum atomic E-state index is 8.89. The van der Waals surface area contributed by atoms with Crippen LogP contribution in [0.4, 0.5) is 11.4 Å². The Morgan fingerprint density at radius 1 is 1.24 bits per heavy atom. The van der Waals surface area contributed by atoms with E-state index in [-0.39, 0.29) is 0 Å². The highest BCUT2D eigenvalue weighted by molar-refractivity contribution is 5.63. The van der Waals surface area contributed by atoms with Crippen molar-refractivity contribution in [1.82, 2.24) is 4.98 Å². The van der Waals surface area contributed by atoms with E-state index in [1.54, 1.807) is 6.20 Å². The molecule has 1 aromatic carbocycles. The van der Waals surface area contributed by atoms with Gasteiger partial charge in [-0.2, -0.15) is 5.26 Å². The summed E-state index contributed by atoms with van der Waals surface area (Å²) in [6, 6.07) is 11.9. The van der Waals surface area contributed by atoms with E-state index in [0.29, 0.717) is 5.56 Å². The maximum Gasteiger partial charge on any atom is 0.0994 e. The molecule has 0 radical (unpaired) electrons. The normalized spacial score (nSPS) is 9.71. The van der Waals surface area contributed by atoms with E-state index in [1.807, 2.05) is 55.4 Å². The van der Waals surface area contributed by atoms with Gasteiger partial charge >= 0.3 is 0 Å². The molecule has 0 aliphatic rings. The number of aromatic nitrogens is 1. The minimum Gasteiger partial charge on any atom is -0.343 e. The van der Waals surface area contributed by atoms with Crippen LogP contribution in [0.1, 0.15) is 11.1 Å². The quantitative estimate of drug-likeness (QED) is 0.785. The summed E-state index contributed by atoms with van der Waals surface area (Å²) in [5, 5.41) is 8.89. The molecule has 0 bridgehead atoms. The lowest BCUT2D eigenvalue weighted by Crippen LogP contribution is -2.09. The molecule has 0 aliphatic heterocycles. The molecule has 3 nitrogen and oxygen atoms in total. The minimum atomic E-state index is 0.716. The Morgan fingerprint density at radius 2 is 2.06 bits per heavy atom. The fourth-order valence-electron chi connectivity index (χ4n) is 1.68. The fraction of sp³-hybridized carbons (Fsp3) is 0.143. The molecule has 17 heavy (non-hydrogen) atoms. The molecule has 2 rings (SSSR count). The predicted octanol–water partition coefficient (Wildman–Crippen LogP) is 3.03. The van der Waals surface area contributed by atoms with Gasteiger partial charge in [-0.1, -0.05) is 0 Å². The van der Waals surface area contributed by atoms with Crippen molar-refractivity contribution in [1.29, 1.82) is 5.26 Å². The van der Waals surface area contributed by atoms with Crippen molar-refractivity contribution in [2.45, 2.75) is 6.92 Å². The van der Waals surface area contributed by atoms with Gasteiger partial charge in [0.2, 0.25) is 0 Å². The van der Waals surface area contributed by atoms with Crippen LogP contribution in [-0.4, -0.2) is 12.0 Å². The lowest BCUT2D eigenvalue weighted by molar-refractivity contribution is 1.17. The fourth-order valence-corrected chi connectivity index (χ4v) is 1.68. The van der Waals surface area contributed by atoms with E-state index < -0.39 is 0 Å². The molecule has 0 atom stereocenters. The van der Waals surface area contributed by atoms with E-state index in [0.717, 1.165) is 16.9 Å². The number of nitrogens with zero attached hydrogens (tertiary/aromatic N) is 3. The van der Waals surface area contributed by atoms with Crippen LogP contribution in [0.2, 0.25) is 0 Å². The van der Waals surface area contributed by atoms with Crippen molar-refractivity contribution in [2.75, 3.05) is 11.9 Å². The van der Waals surface area contributed by atoms with Crippen molar-refractivity contribution in [3.05, 3.63) is 53.9 Å². The molecule has 0 aliphatic carbocycles. The Hall–Kier alpha value is -2.34. The van der Waals surface area contributed by atoms with Gasteiger partial charge < -0.3 is 4.90 Å². The summed E-state index contributed by atoms with van der Waals surface area (Å²) < 4.78 is 0. The summed E-state index contributed by atoms with van der Waals surface area (Å²) in [4.78, 5) is 6.14. The van der Waals surface area contributed by atoms with Crippen LogP contribution in [-0.2, 0) is 0 Å². The maximum absolute atomic E-state index is 8.89. The SMILES string of the molecule is Cc1cc(N(C)c2cccnc2)ccc1C#N. The number of nitriles is 1. The van der Waals surface area contributed by atoms with Crippen molar-refractivity contribution in [2.24, 2.45) is 0 Å². The van der Waals surface area contributed by atoms with Gasteiger partial charge in [-0.15, -0.1) is 0 Å². The van der Waals surface area contributed by atoms with E-state index >= 15 is 0 Å². The second-order valence-electron chi connectivity index (χ2n) is 3.88. The zero-order valence-corrected chi connectivity index (χ0v) is 9.88. The monoisotopic (exact) mass is 223 g/mol. The predicted molar refractivity (Wildman–Crippen MR) is 68.2 cm³/mol. The molecule has 0 N–H and O–H groups in total. The van der Waals surface area contributed by atoms with Crippen LogP contribution in [0, 0.1) is 18.3 Å². The van der Waals surface area contributed by atoms with Gasteiger partial charge in [0.05, 0.1) is 23.5 Å². The highest BCUT2D eigenvalue weighted by atomic mass is 15.1. The van der Waals surface area contributed by atoms with Gasteiger partial charge in [0, 0.05) is 18.9 Å². The second kappa shape index (κ2) is 4.67. The van der Waals surface area contributed by atoms with Gasteiger partial charge in [-0.05, 0) is 42.8 Å². The van der Waals surface area contributed by atoms with E-state index in [2.05, 4.69) is 11.1 Å². The first-order valence-electron chi connectivity index (χ1n) is 5.37. The molecule has 3 heteroatoms.